The average molecular weight is 326 g/mol. The second-order valence-corrected chi connectivity index (χ2v) is 6.78. The zero-order valence-corrected chi connectivity index (χ0v) is 12.9. The number of hydrogen-bond donors (Lipinski definition) is 1. The van der Waals surface area contributed by atoms with E-state index in [1.165, 1.54) is 24.4 Å². The lowest BCUT2D eigenvalue weighted by Crippen LogP contribution is -2.13. The molecule has 0 saturated carbocycles. The van der Waals surface area contributed by atoms with Gasteiger partial charge in [-0.05, 0) is 31.2 Å². The van der Waals surface area contributed by atoms with Gasteiger partial charge in [0.2, 0.25) is 0 Å². The van der Waals surface area contributed by atoms with Crippen molar-refractivity contribution in [1.29, 1.82) is 0 Å². The molecule has 0 radical (unpaired) electrons. The quantitative estimate of drug-likeness (QED) is 0.873. The van der Waals surface area contributed by atoms with Crippen molar-refractivity contribution in [3.8, 4) is 0 Å². The van der Waals surface area contributed by atoms with Crippen molar-refractivity contribution in [1.82, 2.24) is 9.97 Å². The highest BCUT2D eigenvalue weighted by atomic mass is 35.5. The van der Waals surface area contributed by atoms with E-state index in [9.17, 15) is 13.2 Å². The Morgan fingerprint density at radius 1 is 1.29 bits per heavy atom. The van der Waals surface area contributed by atoms with E-state index in [-0.39, 0.29) is 16.1 Å². The van der Waals surface area contributed by atoms with E-state index >= 15 is 0 Å². The molecule has 0 fully saturated rings. The van der Waals surface area contributed by atoms with Gasteiger partial charge in [0.15, 0.2) is 14.9 Å². The fraction of sp³-hybridized carbons (Fsp3) is 0.154. The van der Waals surface area contributed by atoms with Gasteiger partial charge in [-0.2, -0.15) is 0 Å². The minimum absolute atomic E-state index is 0.0525. The molecule has 0 aliphatic carbocycles. The monoisotopic (exact) mass is 325 g/mol. The summed E-state index contributed by atoms with van der Waals surface area (Å²) in [6.07, 6.45) is 2.35. The van der Waals surface area contributed by atoms with Gasteiger partial charge in [0.05, 0.1) is 11.9 Å². The Kier molecular flexibility index (Phi) is 4.24. The smallest absolute Gasteiger partial charge is 0.255 e. The molecular weight excluding hydrogens is 314 g/mol. The molecule has 0 spiro atoms. The average Bonchev–Trinajstić information content (AvgIpc) is 2.37. The number of sulfone groups is 1. The van der Waals surface area contributed by atoms with Gasteiger partial charge in [0, 0.05) is 17.5 Å². The maximum Gasteiger partial charge on any atom is 0.255 e. The molecule has 8 heteroatoms. The highest BCUT2D eigenvalue weighted by molar-refractivity contribution is 7.90. The number of carbonyl (C=O) groups excluding carboxylic acids is 1. The number of aromatic nitrogens is 2. The van der Waals surface area contributed by atoms with Crippen LogP contribution in [0.3, 0.4) is 0 Å². The number of amides is 1. The highest BCUT2D eigenvalue weighted by Crippen LogP contribution is 2.14. The molecule has 21 heavy (non-hydrogen) atoms. The van der Waals surface area contributed by atoms with Crippen LogP contribution in [0.1, 0.15) is 16.1 Å². The second kappa shape index (κ2) is 5.79. The molecule has 0 aliphatic heterocycles. The highest BCUT2D eigenvalue weighted by Gasteiger charge is 2.11. The van der Waals surface area contributed by atoms with E-state index in [0.29, 0.717) is 16.9 Å². The summed E-state index contributed by atoms with van der Waals surface area (Å²) in [4.78, 5) is 19.8. The van der Waals surface area contributed by atoms with Crippen LogP contribution in [-0.2, 0) is 9.84 Å². The zero-order chi connectivity index (χ0) is 15.6. The Morgan fingerprint density at radius 2 is 2.00 bits per heavy atom. The van der Waals surface area contributed by atoms with E-state index in [4.69, 9.17) is 11.6 Å². The number of rotatable bonds is 3. The van der Waals surface area contributed by atoms with Gasteiger partial charge in [-0.25, -0.2) is 18.4 Å². The molecule has 1 amide bonds. The topological polar surface area (TPSA) is 89.0 Å². The van der Waals surface area contributed by atoms with Gasteiger partial charge < -0.3 is 5.32 Å². The Balaban J connectivity index is 2.20. The molecule has 2 rings (SSSR count). The van der Waals surface area contributed by atoms with Crippen molar-refractivity contribution in [2.75, 3.05) is 11.6 Å². The van der Waals surface area contributed by atoms with Gasteiger partial charge >= 0.3 is 0 Å². The molecule has 2 aromatic rings. The van der Waals surface area contributed by atoms with Crippen molar-refractivity contribution in [2.45, 2.75) is 11.9 Å². The third-order valence-corrected chi connectivity index (χ3v) is 3.75. The summed E-state index contributed by atoms with van der Waals surface area (Å²) in [7, 11) is -3.36. The molecule has 0 saturated heterocycles. The van der Waals surface area contributed by atoms with Crippen LogP contribution < -0.4 is 5.32 Å². The lowest BCUT2D eigenvalue weighted by atomic mass is 10.2. The Bertz CT molecular complexity index is 769. The lowest BCUT2D eigenvalue weighted by molar-refractivity contribution is 0.102. The van der Waals surface area contributed by atoms with Crippen LogP contribution in [0.25, 0.3) is 0 Å². The SMILES string of the molecule is Cc1cc(C(=O)Nc2ccc(S(C)(=O)=O)nc2)cc(Cl)n1. The molecule has 0 unspecified atom stereocenters. The minimum Gasteiger partial charge on any atom is -0.321 e. The van der Waals surface area contributed by atoms with Crippen LogP contribution in [0.5, 0.6) is 0 Å². The first-order chi connectivity index (χ1) is 9.75. The molecule has 2 aromatic heterocycles. The molecule has 0 aliphatic rings. The molecule has 110 valence electrons. The molecule has 0 aromatic carbocycles. The molecular formula is C13H12ClN3O3S. The predicted octanol–water partition coefficient (Wildman–Crippen LogP) is 2.09. The summed E-state index contributed by atoms with van der Waals surface area (Å²) in [6, 6.07) is 5.84. The van der Waals surface area contributed by atoms with E-state index in [0.717, 1.165) is 6.26 Å². The summed E-state index contributed by atoms with van der Waals surface area (Å²) >= 11 is 5.80. The Morgan fingerprint density at radius 3 is 2.52 bits per heavy atom. The normalized spacial score (nSPS) is 11.2. The number of carbonyl (C=O) groups is 1. The fourth-order valence-electron chi connectivity index (χ4n) is 1.64. The molecule has 2 heterocycles. The largest absolute Gasteiger partial charge is 0.321 e. The van der Waals surface area contributed by atoms with Crippen LogP contribution in [0, 0.1) is 6.92 Å². The summed E-state index contributed by atoms with van der Waals surface area (Å²) in [5.74, 6) is -0.378. The van der Waals surface area contributed by atoms with Crippen molar-refractivity contribution < 1.29 is 13.2 Å². The number of hydrogen-bond acceptors (Lipinski definition) is 5. The van der Waals surface area contributed by atoms with Gasteiger partial charge in [0.1, 0.15) is 5.15 Å². The van der Waals surface area contributed by atoms with Crippen LogP contribution in [0.2, 0.25) is 5.15 Å². The van der Waals surface area contributed by atoms with Crippen LogP contribution >= 0.6 is 11.6 Å². The predicted molar refractivity (Wildman–Crippen MR) is 79.3 cm³/mol. The fourth-order valence-corrected chi connectivity index (χ4v) is 2.45. The summed E-state index contributed by atoms with van der Waals surface area (Å²) in [5.41, 5.74) is 1.37. The first-order valence-corrected chi connectivity index (χ1v) is 8.14. The van der Waals surface area contributed by atoms with Crippen LogP contribution in [-0.4, -0.2) is 30.5 Å². The number of halogens is 1. The van der Waals surface area contributed by atoms with Crippen molar-refractivity contribution >= 4 is 33.0 Å². The molecule has 6 nitrogen and oxygen atoms in total. The zero-order valence-electron chi connectivity index (χ0n) is 11.3. The maximum absolute atomic E-state index is 12.1. The van der Waals surface area contributed by atoms with Crippen molar-refractivity contribution in [2.24, 2.45) is 0 Å². The molecule has 0 atom stereocenters. The maximum atomic E-state index is 12.1. The summed E-state index contributed by atoms with van der Waals surface area (Å²) in [5, 5.41) is 2.78. The van der Waals surface area contributed by atoms with Crippen LogP contribution in [0.4, 0.5) is 5.69 Å². The summed E-state index contributed by atoms with van der Waals surface area (Å²) < 4.78 is 22.6. The Labute approximate surface area is 127 Å². The van der Waals surface area contributed by atoms with Crippen molar-refractivity contribution in [3.63, 3.8) is 0 Å². The lowest BCUT2D eigenvalue weighted by Gasteiger charge is -2.06. The van der Waals surface area contributed by atoms with E-state index < -0.39 is 9.84 Å². The van der Waals surface area contributed by atoms with E-state index in [1.54, 1.807) is 13.0 Å². The number of nitrogens with zero attached hydrogens (tertiary/aromatic N) is 2. The third-order valence-electron chi connectivity index (χ3n) is 2.56. The van der Waals surface area contributed by atoms with Gasteiger partial charge in [-0.15, -0.1) is 0 Å². The number of pyridine rings is 2. The standard InChI is InChI=1S/C13H12ClN3O3S/c1-8-5-9(6-11(14)16-8)13(18)17-10-3-4-12(15-7-10)21(2,19)20/h3-7H,1-2H3,(H,17,18). The molecule has 1 N–H and O–H groups in total. The van der Waals surface area contributed by atoms with E-state index in [2.05, 4.69) is 15.3 Å². The number of aryl methyl sites for hydroxylation is 1. The minimum atomic E-state index is -3.36. The van der Waals surface area contributed by atoms with Crippen molar-refractivity contribution in [3.05, 3.63) is 46.9 Å². The van der Waals surface area contributed by atoms with E-state index in [1.807, 2.05) is 0 Å². The van der Waals surface area contributed by atoms with Gasteiger partial charge in [-0.1, -0.05) is 11.6 Å². The first kappa shape index (κ1) is 15.4. The van der Waals surface area contributed by atoms with Gasteiger partial charge in [-0.3, -0.25) is 4.79 Å². The number of nitrogens with one attached hydrogen (secondary N) is 1. The Hall–Kier alpha value is -1.99. The first-order valence-electron chi connectivity index (χ1n) is 5.87. The van der Waals surface area contributed by atoms with Gasteiger partial charge in [0.25, 0.3) is 5.91 Å². The van der Waals surface area contributed by atoms with Crippen LogP contribution in [0.15, 0.2) is 35.5 Å². The second-order valence-electron chi connectivity index (χ2n) is 4.43. The summed E-state index contributed by atoms with van der Waals surface area (Å²) in [6.45, 7) is 1.73. The third kappa shape index (κ3) is 3.99. The molecule has 0 bridgehead atoms. The number of anilines is 1.